The quantitative estimate of drug-likeness (QED) is 0.553. The van der Waals surface area contributed by atoms with Crippen molar-refractivity contribution >= 4 is 40.1 Å². The van der Waals surface area contributed by atoms with Crippen LogP contribution in [0.3, 0.4) is 0 Å². The van der Waals surface area contributed by atoms with Crippen molar-refractivity contribution in [3.05, 3.63) is 30.0 Å². The van der Waals surface area contributed by atoms with Crippen LogP contribution in [0.5, 0.6) is 0 Å². The third-order valence-corrected chi connectivity index (χ3v) is 4.33. The van der Waals surface area contributed by atoms with Crippen LogP contribution in [0.25, 0.3) is 10.6 Å². The van der Waals surface area contributed by atoms with E-state index < -0.39 is 23.6 Å². The molecule has 0 unspecified atom stereocenters. The number of pyridine rings is 1. The van der Waals surface area contributed by atoms with E-state index in [1.807, 2.05) is 13.8 Å². The second-order valence-corrected chi connectivity index (χ2v) is 7.78. The highest BCUT2D eigenvalue weighted by Gasteiger charge is 2.33. The highest BCUT2D eigenvalue weighted by Crippen LogP contribution is 2.35. The van der Waals surface area contributed by atoms with Gasteiger partial charge in [0.1, 0.15) is 28.0 Å². The van der Waals surface area contributed by atoms with Crippen molar-refractivity contribution in [1.82, 2.24) is 9.97 Å². The number of alkyl halides is 1. The molecule has 0 fully saturated rings. The summed E-state index contributed by atoms with van der Waals surface area (Å²) in [5, 5.41) is 0.608. The van der Waals surface area contributed by atoms with Crippen molar-refractivity contribution in [3.63, 3.8) is 0 Å². The van der Waals surface area contributed by atoms with Crippen molar-refractivity contribution in [1.29, 1.82) is 0 Å². The molecule has 0 saturated carbocycles. The molecule has 2 heterocycles. The summed E-state index contributed by atoms with van der Waals surface area (Å²) in [5.74, 6) is -0.442. The van der Waals surface area contributed by atoms with Gasteiger partial charge in [0.05, 0.1) is 17.8 Å². The number of rotatable bonds is 4. The molecule has 0 atom stereocenters. The van der Waals surface area contributed by atoms with Crippen LogP contribution in [0.15, 0.2) is 18.5 Å². The van der Waals surface area contributed by atoms with E-state index in [0.29, 0.717) is 16.3 Å². The Kier molecular flexibility index (Phi) is 9.45. The summed E-state index contributed by atoms with van der Waals surface area (Å²) in [7, 11) is 0. The van der Waals surface area contributed by atoms with Gasteiger partial charge in [0.15, 0.2) is 0 Å². The molecule has 2 amide bonds. The van der Waals surface area contributed by atoms with Crippen LogP contribution in [-0.4, -0.2) is 40.2 Å². The highest BCUT2D eigenvalue weighted by molar-refractivity contribution is 7.19. The lowest BCUT2D eigenvalue weighted by molar-refractivity contribution is 0.0571. The molecule has 2 aromatic heterocycles. The van der Waals surface area contributed by atoms with E-state index in [1.165, 1.54) is 12.3 Å². The van der Waals surface area contributed by atoms with E-state index in [0.717, 1.165) is 22.4 Å². The SMILES string of the molecule is CC.Cc1nc(-c2cncc(F)c2)sc1N(C(=O)OCCCl)C(=O)OC(C)(C)C. The van der Waals surface area contributed by atoms with Crippen molar-refractivity contribution < 1.29 is 23.5 Å². The van der Waals surface area contributed by atoms with Gasteiger partial charge in [-0.1, -0.05) is 25.2 Å². The summed E-state index contributed by atoms with van der Waals surface area (Å²) in [6.45, 7) is 10.6. The average molecular weight is 446 g/mol. The largest absolute Gasteiger partial charge is 0.447 e. The lowest BCUT2D eigenvalue weighted by atomic mass is 10.2. The number of ether oxygens (including phenoxy) is 2. The fraction of sp³-hybridized carbons (Fsp3) is 0.474. The molecule has 0 bridgehead atoms. The van der Waals surface area contributed by atoms with E-state index in [4.69, 9.17) is 21.1 Å². The maximum absolute atomic E-state index is 13.4. The van der Waals surface area contributed by atoms with Crippen molar-refractivity contribution in [2.75, 3.05) is 17.4 Å². The van der Waals surface area contributed by atoms with Gasteiger partial charge in [-0.2, -0.15) is 4.90 Å². The normalized spacial score (nSPS) is 10.6. The maximum Gasteiger partial charge on any atom is 0.425 e. The van der Waals surface area contributed by atoms with Crippen molar-refractivity contribution in [2.45, 2.75) is 47.1 Å². The number of carbonyl (C=O) groups excluding carboxylic acids is 2. The Bertz CT molecular complexity index is 839. The standard InChI is InChI=1S/C17H19ClFN3O4S.C2H6/c1-10-14(27-13(21-10)11-7-12(19)9-20-8-11)22(15(23)25-6-5-18)16(24)26-17(2,3)4;1-2/h7-9H,5-6H2,1-4H3;1-2H3. The number of hydrogen-bond donors (Lipinski definition) is 0. The first-order valence-corrected chi connectivity index (χ1v) is 10.3. The van der Waals surface area contributed by atoms with Gasteiger partial charge in [-0.3, -0.25) is 4.98 Å². The smallest absolute Gasteiger partial charge is 0.425 e. The van der Waals surface area contributed by atoms with E-state index in [2.05, 4.69) is 9.97 Å². The van der Waals surface area contributed by atoms with E-state index in [1.54, 1.807) is 27.7 Å². The fourth-order valence-electron chi connectivity index (χ4n) is 1.99. The molecule has 2 aromatic rings. The Hall–Kier alpha value is -2.26. The minimum atomic E-state index is -0.930. The highest BCUT2D eigenvalue weighted by atomic mass is 35.5. The first kappa shape index (κ1) is 24.8. The zero-order chi connectivity index (χ0) is 22.2. The predicted octanol–water partition coefficient (Wildman–Crippen LogP) is 5.80. The summed E-state index contributed by atoms with van der Waals surface area (Å²) in [5.41, 5.74) is -0.0173. The minimum absolute atomic E-state index is 0.0712. The van der Waals surface area contributed by atoms with Crippen LogP contribution in [0.1, 0.15) is 40.3 Å². The Balaban J connectivity index is 0.00000204. The van der Waals surface area contributed by atoms with Gasteiger partial charge in [0.2, 0.25) is 0 Å². The van der Waals surface area contributed by atoms with Gasteiger partial charge in [-0.15, -0.1) is 11.6 Å². The molecule has 2 rings (SSSR count). The van der Waals surface area contributed by atoms with Gasteiger partial charge in [0, 0.05) is 11.8 Å². The third kappa shape index (κ3) is 7.25. The van der Waals surface area contributed by atoms with Crippen molar-refractivity contribution in [3.8, 4) is 10.6 Å². The molecule has 0 aliphatic rings. The molecular formula is C19H25ClFN3O4S. The second kappa shape index (κ2) is 11.1. The molecule has 0 spiro atoms. The van der Waals surface area contributed by atoms with Crippen LogP contribution in [0.4, 0.5) is 19.0 Å². The molecule has 160 valence electrons. The molecule has 29 heavy (non-hydrogen) atoms. The zero-order valence-electron chi connectivity index (χ0n) is 17.3. The molecule has 0 saturated heterocycles. The average Bonchev–Trinajstić information content (AvgIpc) is 3.02. The van der Waals surface area contributed by atoms with Gasteiger partial charge in [-0.05, 0) is 33.8 Å². The third-order valence-electron chi connectivity index (χ3n) is 2.99. The Morgan fingerprint density at radius 3 is 2.45 bits per heavy atom. The summed E-state index contributed by atoms with van der Waals surface area (Å²) in [6.07, 6.45) is 0.675. The lowest BCUT2D eigenvalue weighted by Crippen LogP contribution is -2.41. The van der Waals surface area contributed by atoms with Crippen LogP contribution in [-0.2, 0) is 9.47 Å². The Morgan fingerprint density at radius 1 is 1.24 bits per heavy atom. The minimum Gasteiger partial charge on any atom is -0.447 e. The van der Waals surface area contributed by atoms with Crippen molar-refractivity contribution in [2.24, 2.45) is 0 Å². The molecule has 7 nitrogen and oxygen atoms in total. The first-order chi connectivity index (χ1) is 13.6. The number of nitrogens with zero attached hydrogens (tertiary/aromatic N) is 3. The summed E-state index contributed by atoms with van der Waals surface area (Å²) in [6, 6.07) is 1.26. The van der Waals surface area contributed by atoms with E-state index >= 15 is 0 Å². The van der Waals surface area contributed by atoms with Crippen LogP contribution in [0.2, 0.25) is 0 Å². The molecule has 0 aliphatic carbocycles. The Labute approximate surface area is 178 Å². The Morgan fingerprint density at radius 2 is 1.90 bits per heavy atom. The summed E-state index contributed by atoms with van der Waals surface area (Å²) >= 11 is 6.57. The molecule has 0 aromatic carbocycles. The summed E-state index contributed by atoms with van der Waals surface area (Å²) in [4.78, 5) is 33.9. The summed E-state index contributed by atoms with van der Waals surface area (Å²) < 4.78 is 23.7. The number of halogens is 2. The zero-order valence-corrected chi connectivity index (χ0v) is 18.9. The van der Waals surface area contributed by atoms with Gasteiger partial charge in [-0.25, -0.2) is 19.0 Å². The van der Waals surface area contributed by atoms with Crippen LogP contribution >= 0.6 is 22.9 Å². The van der Waals surface area contributed by atoms with E-state index in [-0.39, 0.29) is 17.5 Å². The van der Waals surface area contributed by atoms with Gasteiger partial charge in [0.25, 0.3) is 0 Å². The number of thiazole rings is 1. The lowest BCUT2D eigenvalue weighted by Gasteiger charge is -2.25. The molecule has 0 radical (unpaired) electrons. The number of aromatic nitrogens is 2. The first-order valence-electron chi connectivity index (χ1n) is 8.96. The number of carbonyl (C=O) groups is 2. The number of aryl methyl sites for hydroxylation is 1. The molecular weight excluding hydrogens is 421 g/mol. The number of amides is 2. The van der Waals surface area contributed by atoms with E-state index in [9.17, 15) is 14.0 Å². The predicted molar refractivity (Wildman–Crippen MR) is 112 cm³/mol. The number of hydrogen-bond acceptors (Lipinski definition) is 7. The van der Waals surface area contributed by atoms with Crippen LogP contribution < -0.4 is 4.90 Å². The molecule has 0 aliphatic heterocycles. The number of imide groups is 1. The second-order valence-electron chi connectivity index (χ2n) is 6.42. The number of anilines is 1. The topological polar surface area (TPSA) is 81.6 Å². The van der Waals surface area contributed by atoms with Gasteiger partial charge < -0.3 is 9.47 Å². The maximum atomic E-state index is 13.4. The fourth-order valence-corrected chi connectivity index (χ4v) is 3.09. The molecule has 10 heteroatoms. The molecule has 0 N–H and O–H groups in total. The van der Waals surface area contributed by atoms with Crippen LogP contribution in [0, 0.1) is 12.7 Å². The monoisotopic (exact) mass is 445 g/mol. The van der Waals surface area contributed by atoms with Gasteiger partial charge >= 0.3 is 12.2 Å².